The molecule has 0 amide bonds. The third kappa shape index (κ3) is 4.60. The minimum atomic E-state index is -0.0337. The maximum Gasteiger partial charge on any atom is 0.0564 e. The molecule has 1 fully saturated rings. The van der Waals surface area contributed by atoms with Gasteiger partial charge in [0.15, 0.2) is 0 Å². The zero-order valence-electron chi connectivity index (χ0n) is 8.63. The van der Waals surface area contributed by atoms with Crippen LogP contribution in [0.15, 0.2) is 0 Å². The molecule has 0 bridgehead atoms. The highest BCUT2D eigenvalue weighted by atomic mass is 16.3. The number of nitrogens with one attached hydrogen (secondary N) is 1. The predicted octanol–water partition coefficient (Wildman–Crippen LogP) is 0.443. The molecule has 0 aliphatic carbocycles. The molecule has 3 heteroatoms. The van der Waals surface area contributed by atoms with Gasteiger partial charge in [0.1, 0.15) is 0 Å². The Labute approximate surface area is 81.1 Å². The topological polar surface area (TPSA) is 35.5 Å². The zero-order chi connectivity index (χ0) is 9.52. The van der Waals surface area contributed by atoms with Gasteiger partial charge in [-0.05, 0) is 45.8 Å². The number of nitrogens with zero attached hydrogens (tertiary/aromatic N) is 1. The van der Waals surface area contributed by atoms with E-state index in [1.54, 1.807) is 0 Å². The van der Waals surface area contributed by atoms with Gasteiger partial charge in [-0.3, -0.25) is 0 Å². The fraction of sp³-hybridized carbons (Fsp3) is 1.00. The highest BCUT2D eigenvalue weighted by Gasteiger charge is 2.15. The molecule has 0 aromatic heterocycles. The zero-order valence-corrected chi connectivity index (χ0v) is 8.63. The number of rotatable bonds is 5. The van der Waals surface area contributed by atoms with E-state index in [1.165, 1.54) is 19.4 Å². The van der Waals surface area contributed by atoms with Crippen LogP contribution < -0.4 is 5.32 Å². The monoisotopic (exact) mass is 186 g/mol. The van der Waals surface area contributed by atoms with Gasteiger partial charge in [-0.25, -0.2) is 0 Å². The number of aliphatic hydroxyl groups excluding tert-OH is 1. The smallest absolute Gasteiger partial charge is 0.0564 e. The summed E-state index contributed by atoms with van der Waals surface area (Å²) in [5, 5.41) is 12.5. The molecule has 1 aliphatic rings. The summed E-state index contributed by atoms with van der Waals surface area (Å²) in [6, 6.07) is 0. The van der Waals surface area contributed by atoms with Crippen molar-refractivity contribution in [2.75, 3.05) is 33.2 Å². The standard InChI is InChI=1S/C10H22N2O/c1-11-6-2-3-7-12-8-4-10(13)5-9-12/h10-11,13H,2-9H2,1H3. The average molecular weight is 186 g/mol. The molecule has 0 aromatic carbocycles. The lowest BCUT2D eigenvalue weighted by atomic mass is 10.1. The van der Waals surface area contributed by atoms with Crippen LogP contribution in [-0.4, -0.2) is 49.3 Å². The van der Waals surface area contributed by atoms with Crippen LogP contribution in [0.4, 0.5) is 0 Å². The Kier molecular flexibility index (Phi) is 5.35. The van der Waals surface area contributed by atoms with Gasteiger partial charge in [-0.2, -0.15) is 0 Å². The molecule has 1 saturated heterocycles. The molecular formula is C10H22N2O. The number of unbranched alkanes of at least 4 members (excludes halogenated alkanes) is 1. The van der Waals surface area contributed by atoms with Crippen molar-refractivity contribution in [3.63, 3.8) is 0 Å². The summed E-state index contributed by atoms with van der Waals surface area (Å²) in [7, 11) is 2.00. The van der Waals surface area contributed by atoms with Gasteiger partial charge in [-0.1, -0.05) is 0 Å². The minimum absolute atomic E-state index is 0.0337. The summed E-state index contributed by atoms with van der Waals surface area (Å²) in [5.74, 6) is 0. The second kappa shape index (κ2) is 6.35. The van der Waals surface area contributed by atoms with E-state index in [9.17, 15) is 5.11 Å². The molecule has 0 radical (unpaired) electrons. The molecule has 1 aliphatic heterocycles. The molecule has 78 valence electrons. The van der Waals surface area contributed by atoms with Crippen molar-refractivity contribution in [2.24, 2.45) is 0 Å². The van der Waals surface area contributed by atoms with Crippen LogP contribution in [0.5, 0.6) is 0 Å². The molecule has 0 spiro atoms. The Morgan fingerprint density at radius 3 is 2.62 bits per heavy atom. The number of likely N-dealkylation sites (tertiary alicyclic amines) is 1. The minimum Gasteiger partial charge on any atom is -0.393 e. The van der Waals surface area contributed by atoms with Crippen LogP contribution in [0.3, 0.4) is 0 Å². The summed E-state index contributed by atoms with van der Waals surface area (Å²) >= 11 is 0. The van der Waals surface area contributed by atoms with Crippen LogP contribution in [0.1, 0.15) is 25.7 Å². The molecule has 0 aromatic rings. The van der Waals surface area contributed by atoms with Gasteiger partial charge < -0.3 is 15.3 Å². The maximum absolute atomic E-state index is 9.30. The van der Waals surface area contributed by atoms with Crippen molar-refractivity contribution in [2.45, 2.75) is 31.8 Å². The van der Waals surface area contributed by atoms with E-state index < -0.39 is 0 Å². The Morgan fingerprint density at radius 1 is 1.31 bits per heavy atom. The van der Waals surface area contributed by atoms with Crippen molar-refractivity contribution in [1.29, 1.82) is 0 Å². The largest absolute Gasteiger partial charge is 0.393 e. The molecule has 2 N–H and O–H groups in total. The SMILES string of the molecule is CNCCCCN1CCC(O)CC1. The lowest BCUT2D eigenvalue weighted by Gasteiger charge is -2.29. The van der Waals surface area contributed by atoms with Crippen molar-refractivity contribution < 1.29 is 5.11 Å². The third-order valence-corrected chi connectivity index (χ3v) is 2.71. The summed E-state index contributed by atoms with van der Waals surface area (Å²) in [5.41, 5.74) is 0. The van der Waals surface area contributed by atoms with E-state index in [0.29, 0.717) is 0 Å². The van der Waals surface area contributed by atoms with Crippen molar-refractivity contribution in [3.8, 4) is 0 Å². The van der Waals surface area contributed by atoms with E-state index in [0.717, 1.165) is 32.5 Å². The maximum atomic E-state index is 9.30. The van der Waals surface area contributed by atoms with E-state index in [-0.39, 0.29) is 6.10 Å². The molecule has 0 unspecified atom stereocenters. The van der Waals surface area contributed by atoms with E-state index in [1.807, 2.05) is 7.05 Å². The molecule has 0 atom stereocenters. The van der Waals surface area contributed by atoms with Crippen LogP contribution in [0.25, 0.3) is 0 Å². The Morgan fingerprint density at radius 2 is 2.00 bits per heavy atom. The number of hydrogen-bond donors (Lipinski definition) is 2. The first-order valence-corrected chi connectivity index (χ1v) is 5.38. The van der Waals surface area contributed by atoms with Crippen LogP contribution in [0.2, 0.25) is 0 Å². The predicted molar refractivity (Wildman–Crippen MR) is 54.8 cm³/mol. The quantitative estimate of drug-likeness (QED) is 0.612. The van der Waals surface area contributed by atoms with Crippen LogP contribution >= 0.6 is 0 Å². The Balaban J connectivity index is 1.96. The lowest BCUT2D eigenvalue weighted by molar-refractivity contribution is 0.0819. The van der Waals surface area contributed by atoms with Crippen molar-refractivity contribution in [1.82, 2.24) is 10.2 Å². The van der Waals surface area contributed by atoms with E-state index in [4.69, 9.17) is 0 Å². The van der Waals surface area contributed by atoms with Gasteiger partial charge in [0.05, 0.1) is 6.10 Å². The van der Waals surface area contributed by atoms with E-state index >= 15 is 0 Å². The number of hydrogen-bond acceptors (Lipinski definition) is 3. The highest BCUT2D eigenvalue weighted by Crippen LogP contribution is 2.10. The van der Waals surface area contributed by atoms with Gasteiger partial charge in [0.25, 0.3) is 0 Å². The lowest BCUT2D eigenvalue weighted by Crippen LogP contribution is -2.36. The Bertz CT molecular complexity index is 122. The fourth-order valence-corrected chi connectivity index (χ4v) is 1.78. The normalized spacial score (nSPS) is 20.8. The first-order chi connectivity index (χ1) is 6.33. The summed E-state index contributed by atoms with van der Waals surface area (Å²) < 4.78 is 0. The van der Waals surface area contributed by atoms with Gasteiger partial charge >= 0.3 is 0 Å². The highest BCUT2D eigenvalue weighted by molar-refractivity contribution is 4.70. The Hall–Kier alpha value is -0.120. The fourth-order valence-electron chi connectivity index (χ4n) is 1.78. The summed E-state index contributed by atoms with van der Waals surface area (Å²) in [4.78, 5) is 2.46. The van der Waals surface area contributed by atoms with Gasteiger partial charge in [0, 0.05) is 13.1 Å². The third-order valence-electron chi connectivity index (χ3n) is 2.71. The summed E-state index contributed by atoms with van der Waals surface area (Å²) in [6.07, 6.45) is 4.43. The first-order valence-electron chi connectivity index (χ1n) is 5.38. The second-order valence-electron chi connectivity index (χ2n) is 3.88. The molecule has 3 nitrogen and oxygen atoms in total. The molecule has 1 rings (SSSR count). The summed E-state index contributed by atoms with van der Waals surface area (Å²) in [6.45, 7) is 4.49. The molecule has 0 saturated carbocycles. The first kappa shape index (κ1) is 11.0. The molecule has 1 heterocycles. The molecular weight excluding hydrogens is 164 g/mol. The van der Waals surface area contributed by atoms with Gasteiger partial charge in [-0.15, -0.1) is 0 Å². The van der Waals surface area contributed by atoms with Crippen LogP contribution in [-0.2, 0) is 0 Å². The van der Waals surface area contributed by atoms with Crippen LogP contribution in [0, 0.1) is 0 Å². The van der Waals surface area contributed by atoms with Gasteiger partial charge in [0.2, 0.25) is 0 Å². The van der Waals surface area contributed by atoms with E-state index in [2.05, 4.69) is 10.2 Å². The van der Waals surface area contributed by atoms with Crippen molar-refractivity contribution in [3.05, 3.63) is 0 Å². The second-order valence-corrected chi connectivity index (χ2v) is 3.88. The van der Waals surface area contributed by atoms with Crippen molar-refractivity contribution >= 4 is 0 Å². The molecule has 13 heavy (non-hydrogen) atoms. The average Bonchev–Trinajstić information content (AvgIpc) is 2.15. The number of aliphatic hydroxyl groups is 1. The number of piperidine rings is 1.